The minimum Gasteiger partial charge on any atom is -0.493 e. The second-order valence-corrected chi connectivity index (χ2v) is 6.82. The number of dihydropyridines is 1. The summed E-state index contributed by atoms with van der Waals surface area (Å²) in [7, 11) is 0. The smallest absolute Gasteiger partial charge is 0.140 e. The Morgan fingerprint density at radius 1 is 1.19 bits per heavy atom. The highest BCUT2D eigenvalue weighted by atomic mass is 19.1. The molecule has 0 saturated carbocycles. The van der Waals surface area contributed by atoms with E-state index in [0.29, 0.717) is 18.2 Å². The van der Waals surface area contributed by atoms with E-state index in [9.17, 15) is 4.39 Å². The summed E-state index contributed by atoms with van der Waals surface area (Å²) in [4.78, 5) is 0. The van der Waals surface area contributed by atoms with Crippen LogP contribution in [0.1, 0.15) is 30.5 Å². The van der Waals surface area contributed by atoms with Gasteiger partial charge in [0, 0.05) is 11.3 Å². The molecule has 1 heterocycles. The summed E-state index contributed by atoms with van der Waals surface area (Å²) < 4.78 is 19.6. The van der Waals surface area contributed by atoms with Crippen molar-refractivity contribution >= 4 is 11.3 Å². The van der Waals surface area contributed by atoms with Gasteiger partial charge in [-0.25, -0.2) is 4.39 Å². The van der Waals surface area contributed by atoms with Crippen molar-refractivity contribution in [2.45, 2.75) is 13.8 Å². The van der Waals surface area contributed by atoms with Gasteiger partial charge in [0.05, 0.1) is 17.9 Å². The molecule has 0 radical (unpaired) electrons. The van der Waals surface area contributed by atoms with Crippen LogP contribution >= 0.6 is 0 Å². The molecule has 0 fully saturated rings. The Morgan fingerprint density at radius 3 is 2.70 bits per heavy atom. The zero-order chi connectivity index (χ0) is 19.4. The highest BCUT2D eigenvalue weighted by Crippen LogP contribution is 2.32. The molecule has 0 aromatic heterocycles. The van der Waals surface area contributed by atoms with Crippen molar-refractivity contribution in [3.05, 3.63) is 89.4 Å². The van der Waals surface area contributed by atoms with Crippen molar-refractivity contribution in [2.24, 2.45) is 5.92 Å². The average Bonchev–Trinajstić information content (AvgIpc) is 2.66. The number of nitrogens with zero attached hydrogens (tertiary/aromatic N) is 1. The molecule has 2 aromatic rings. The first-order chi connectivity index (χ1) is 13.0. The van der Waals surface area contributed by atoms with Gasteiger partial charge in [-0.15, -0.1) is 0 Å². The lowest BCUT2D eigenvalue weighted by atomic mass is 9.97. The van der Waals surface area contributed by atoms with Gasteiger partial charge in [0.2, 0.25) is 0 Å². The van der Waals surface area contributed by atoms with Crippen LogP contribution < -0.4 is 10.1 Å². The average molecular weight is 360 g/mol. The molecule has 0 aliphatic carbocycles. The topological polar surface area (TPSA) is 45.0 Å². The van der Waals surface area contributed by atoms with Crippen LogP contribution in [0.4, 0.5) is 4.39 Å². The number of halogens is 1. The van der Waals surface area contributed by atoms with Crippen molar-refractivity contribution < 1.29 is 9.13 Å². The van der Waals surface area contributed by atoms with Crippen LogP contribution in [0.25, 0.3) is 11.3 Å². The molecule has 136 valence electrons. The van der Waals surface area contributed by atoms with E-state index in [2.05, 4.69) is 25.7 Å². The second kappa shape index (κ2) is 7.92. The van der Waals surface area contributed by atoms with E-state index in [-0.39, 0.29) is 5.56 Å². The third-order valence-corrected chi connectivity index (χ3v) is 4.09. The maximum Gasteiger partial charge on any atom is 0.140 e. The first-order valence-corrected chi connectivity index (χ1v) is 8.79. The predicted octanol–water partition coefficient (Wildman–Crippen LogP) is 5.27. The Hall–Kier alpha value is -3.32. The molecule has 4 heteroatoms. The van der Waals surface area contributed by atoms with Crippen LogP contribution in [-0.4, -0.2) is 6.61 Å². The molecule has 27 heavy (non-hydrogen) atoms. The van der Waals surface area contributed by atoms with E-state index in [1.807, 2.05) is 42.5 Å². The fourth-order valence-corrected chi connectivity index (χ4v) is 2.80. The maximum absolute atomic E-state index is 13.7. The van der Waals surface area contributed by atoms with Crippen molar-refractivity contribution in [1.82, 2.24) is 5.32 Å². The zero-order valence-electron chi connectivity index (χ0n) is 15.4. The summed E-state index contributed by atoms with van der Waals surface area (Å²) in [5, 5.41) is 12.4. The SMILES string of the molecule is C=C1C=C(c2ccc(F)c(C#N)c2)C=C(c2ccccc2OCC(C)C)N1. The standard InChI is InChI=1S/C23H21FN2O/c1-15(2)14-27-23-7-5-4-6-20(23)22-12-18(10-16(3)26-22)17-8-9-21(24)19(11-17)13-25/h4-12,15,26H,3,14H2,1-2H3. The number of para-hydroxylation sites is 1. The number of hydrogen-bond donors (Lipinski definition) is 1. The molecular formula is C23H21FN2O. The molecule has 0 spiro atoms. The number of benzene rings is 2. The van der Waals surface area contributed by atoms with Crippen LogP contribution in [0.2, 0.25) is 0 Å². The summed E-state index contributed by atoms with van der Waals surface area (Å²) in [5.74, 6) is 0.683. The van der Waals surface area contributed by atoms with Crippen LogP contribution in [0.15, 0.2) is 66.9 Å². The summed E-state index contributed by atoms with van der Waals surface area (Å²) >= 11 is 0. The number of nitriles is 1. The minimum absolute atomic E-state index is 0.0214. The Kier molecular flexibility index (Phi) is 5.42. The molecule has 3 rings (SSSR count). The monoisotopic (exact) mass is 360 g/mol. The third-order valence-electron chi connectivity index (χ3n) is 4.09. The van der Waals surface area contributed by atoms with Crippen molar-refractivity contribution in [2.75, 3.05) is 6.61 Å². The van der Waals surface area contributed by atoms with Gasteiger partial charge in [-0.1, -0.05) is 38.6 Å². The van der Waals surface area contributed by atoms with Crippen LogP contribution in [0.3, 0.4) is 0 Å². The van der Waals surface area contributed by atoms with Crippen LogP contribution in [-0.2, 0) is 0 Å². The van der Waals surface area contributed by atoms with E-state index < -0.39 is 5.82 Å². The van der Waals surface area contributed by atoms with Gasteiger partial charge in [-0.05, 0) is 53.5 Å². The highest BCUT2D eigenvalue weighted by Gasteiger charge is 2.16. The quantitative estimate of drug-likeness (QED) is 0.790. The summed E-state index contributed by atoms with van der Waals surface area (Å²) in [6, 6.07) is 14.2. The Morgan fingerprint density at radius 2 is 1.96 bits per heavy atom. The van der Waals surface area contributed by atoms with Crippen LogP contribution in [0.5, 0.6) is 5.75 Å². The van der Waals surface area contributed by atoms with E-state index in [1.54, 1.807) is 12.1 Å². The number of hydrogen-bond acceptors (Lipinski definition) is 3. The van der Waals surface area contributed by atoms with Gasteiger partial charge in [-0.3, -0.25) is 0 Å². The Balaban J connectivity index is 2.00. The maximum atomic E-state index is 13.7. The molecule has 0 atom stereocenters. The molecule has 0 amide bonds. The van der Waals surface area contributed by atoms with Crippen LogP contribution in [0, 0.1) is 23.1 Å². The predicted molar refractivity (Wildman–Crippen MR) is 106 cm³/mol. The molecule has 0 saturated heterocycles. The minimum atomic E-state index is -0.522. The Bertz CT molecular complexity index is 980. The number of allylic oxidation sites excluding steroid dienone is 3. The molecule has 0 unspecified atom stereocenters. The molecule has 1 N–H and O–H groups in total. The summed E-state index contributed by atoms with van der Waals surface area (Å²) in [5.41, 5.74) is 4.11. The summed E-state index contributed by atoms with van der Waals surface area (Å²) in [6.45, 7) is 8.85. The molecule has 1 aliphatic heterocycles. The fourth-order valence-electron chi connectivity index (χ4n) is 2.80. The fraction of sp³-hybridized carbons (Fsp3) is 0.174. The van der Waals surface area contributed by atoms with Crippen molar-refractivity contribution in [1.29, 1.82) is 5.26 Å². The lowest BCUT2D eigenvalue weighted by Crippen LogP contribution is -2.15. The van der Waals surface area contributed by atoms with Crippen molar-refractivity contribution in [3.8, 4) is 11.8 Å². The normalized spacial score (nSPS) is 13.5. The number of ether oxygens (including phenoxy) is 1. The van der Waals surface area contributed by atoms with Gasteiger partial charge < -0.3 is 10.1 Å². The largest absolute Gasteiger partial charge is 0.493 e. The van der Waals surface area contributed by atoms with Crippen molar-refractivity contribution in [3.63, 3.8) is 0 Å². The van der Waals surface area contributed by atoms with E-state index in [1.165, 1.54) is 6.07 Å². The lowest BCUT2D eigenvalue weighted by Gasteiger charge is -2.21. The van der Waals surface area contributed by atoms with Gasteiger partial charge in [0.25, 0.3) is 0 Å². The molecule has 1 aliphatic rings. The highest BCUT2D eigenvalue weighted by molar-refractivity contribution is 5.89. The van der Waals surface area contributed by atoms with Gasteiger partial charge in [-0.2, -0.15) is 5.26 Å². The lowest BCUT2D eigenvalue weighted by molar-refractivity contribution is 0.270. The first kappa shape index (κ1) is 18.5. The molecule has 0 bridgehead atoms. The van der Waals surface area contributed by atoms with E-state index in [4.69, 9.17) is 10.00 Å². The molecular weight excluding hydrogens is 339 g/mol. The second-order valence-electron chi connectivity index (χ2n) is 6.82. The van der Waals surface area contributed by atoms with Gasteiger partial charge >= 0.3 is 0 Å². The third kappa shape index (κ3) is 4.27. The zero-order valence-corrected chi connectivity index (χ0v) is 15.4. The molecule has 3 nitrogen and oxygen atoms in total. The summed E-state index contributed by atoms with van der Waals surface area (Å²) in [6.07, 6.45) is 3.83. The first-order valence-electron chi connectivity index (χ1n) is 8.79. The van der Waals surface area contributed by atoms with Gasteiger partial charge in [0.15, 0.2) is 0 Å². The Labute approximate surface area is 159 Å². The van der Waals surface area contributed by atoms with Gasteiger partial charge in [0.1, 0.15) is 17.6 Å². The van der Waals surface area contributed by atoms with E-state index in [0.717, 1.165) is 28.1 Å². The van der Waals surface area contributed by atoms with E-state index >= 15 is 0 Å². The number of rotatable bonds is 5. The number of nitrogens with one attached hydrogen (secondary N) is 1. The molecule has 2 aromatic carbocycles.